The summed E-state index contributed by atoms with van der Waals surface area (Å²) in [6, 6.07) is 2.73. The van der Waals surface area contributed by atoms with Crippen LogP contribution in [0.3, 0.4) is 0 Å². The van der Waals surface area contributed by atoms with Crippen molar-refractivity contribution in [2.75, 3.05) is 11.9 Å². The van der Waals surface area contributed by atoms with Crippen LogP contribution < -0.4 is 5.32 Å². The lowest BCUT2D eigenvalue weighted by molar-refractivity contribution is 0.271. The maximum absolute atomic E-state index is 13.0. The molecule has 1 rings (SSSR count). The Kier molecular flexibility index (Phi) is 3.64. The molecule has 0 radical (unpaired) electrons. The van der Waals surface area contributed by atoms with Gasteiger partial charge < -0.3 is 10.4 Å². The maximum Gasteiger partial charge on any atom is 0.165 e. The van der Waals surface area contributed by atoms with Crippen LogP contribution in [0.2, 0.25) is 0 Å². The molecule has 1 aromatic rings. The Morgan fingerprint density at radius 3 is 3.00 bits per heavy atom. The van der Waals surface area contributed by atoms with Gasteiger partial charge in [0.05, 0.1) is 12.6 Å². The number of rotatable bonds is 4. The number of aromatic nitrogens is 1. The van der Waals surface area contributed by atoms with Crippen LogP contribution in [0.25, 0.3) is 0 Å². The number of pyridine rings is 1. The van der Waals surface area contributed by atoms with Crippen LogP contribution in [0.15, 0.2) is 18.3 Å². The molecule has 0 saturated heterocycles. The van der Waals surface area contributed by atoms with Crippen molar-refractivity contribution in [2.45, 2.75) is 19.4 Å². The van der Waals surface area contributed by atoms with Gasteiger partial charge in [-0.3, -0.25) is 0 Å². The summed E-state index contributed by atoms with van der Waals surface area (Å²) in [5.74, 6) is -0.196. The Bertz CT molecular complexity index is 264. The molecule has 0 saturated carbocycles. The first-order chi connectivity index (χ1) is 6.27. The highest BCUT2D eigenvalue weighted by Gasteiger charge is 2.07. The minimum atomic E-state index is -0.394. The molecular formula is C9H13FN2O. The second-order valence-electron chi connectivity index (χ2n) is 2.77. The van der Waals surface area contributed by atoms with Crippen LogP contribution >= 0.6 is 0 Å². The summed E-state index contributed by atoms with van der Waals surface area (Å²) in [5, 5.41) is 11.7. The number of aliphatic hydroxyl groups excluding tert-OH is 1. The van der Waals surface area contributed by atoms with Crippen LogP contribution in [-0.4, -0.2) is 22.7 Å². The fourth-order valence-electron chi connectivity index (χ4n) is 0.962. The third kappa shape index (κ3) is 2.66. The number of hydrogen-bond donors (Lipinski definition) is 2. The fraction of sp³-hybridized carbons (Fsp3) is 0.444. The van der Waals surface area contributed by atoms with Crippen LogP contribution in [0.5, 0.6) is 0 Å². The molecule has 0 aromatic carbocycles. The standard InChI is InChI=1S/C9H13FN2O/c1-2-7(6-13)12-9-8(10)4-3-5-11-9/h3-5,7,13H,2,6H2,1H3,(H,11,12). The van der Waals surface area contributed by atoms with Gasteiger partial charge in [-0.15, -0.1) is 0 Å². The van der Waals surface area contributed by atoms with Crippen molar-refractivity contribution in [2.24, 2.45) is 0 Å². The van der Waals surface area contributed by atoms with Gasteiger partial charge in [-0.25, -0.2) is 9.37 Å². The average Bonchev–Trinajstić information content (AvgIpc) is 2.17. The molecule has 0 fully saturated rings. The molecule has 13 heavy (non-hydrogen) atoms. The average molecular weight is 184 g/mol. The molecule has 0 bridgehead atoms. The molecule has 1 atom stereocenters. The largest absolute Gasteiger partial charge is 0.394 e. The van der Waals surface area contributed by atoms with Gasteiger partial charge in [-0.05, 0) is 18.6 Å². The molecule has 72 valence electrons. The third-order valence-corrected chi connectivity index (χ3v) is 1.81. The van der Waals surface area contributed by atoms with Crippen LogP contribution in [-0.2, 0) is 0 Å². The van der Waals surface area contributed by atoms with Crippen molar-refractivity contribution in [3.63, 3.8) is 0 Å². The topological polar surface area (TPSA) is 45.1 Å². The SMILES string of the molecule is CCC(CO)Nc1ncccc1F. The summed E-state index contributed by atoms with van der Waals surface area (Å²) < 4.78 is 13.0. The number of hydrogen-bond acceptors (Lipinski definition) is 3. The maximum atomic E-state index is 13.0. The van der Waals surface area contributed by atoms with Crippen molar-refractivity contribution in [1.29, 1.82) is 0 Å². The molecule has 1 unspecified atom stereocenters. The van der Waals surface area contributed by atoms with Crippen LogP contribution in [0.4, 0.5) is 10.2 Å². The molecule has 0 spiro atoms. The van der Waals surface area contributed by atoms with E-state index in [2.05, 4.69) is 10.3 Å². The monoisotopic (exact) mass is 184 g/mol. The third-order valence-electron chi connectivity index (χ3n) is 1.81. The summed E-state index contributed by atoms with van der Waals surface area (Å²) in [7, 11) is 0. The first-order valence-electron chi connectivity index (χ1n) is 4.25. The second kappa shape index (κ2) is 4.77. The van der Waals surface area contributed by atoms with E-state index in [1.165, 1.54) is 18.3 Å². The lowest BCUT2D eigenvalue weighted by atomic mass is 10.2. The minimum Gasteiger partial charge on any atom is -0.394 e. The summed E-state index contributed by atoms with van der Waals surface area (Å²) in [5.41, 5.74) is 0. The van der Waals surface area contributed by atoms with E-state index in [-0.39, 0.29) is 18.5 Å². The Labute approximate surface area is 76.6 Å². The van der Waals surface area contributed by atoms with Gasteiger partial charge in [0.1, 0.15) is 0 Å². The minimum absolute atomic E-state index is 0.0213. The molecule has 2 N–H and O–H groups in total. The van der Waals surface area contributed by atoms with Crippen molar-refractivity contribution in [1.82, 2.24) is 4.98 Å². The molecular weight excluding hydrogens is 171 g/mol. The first kappa shape index (κ1) is 9.92. The Morgan fingerprint density at radius 1 is 1.69 bits per heavy atom. The highest BCUT2D eigenvalue weighted by atomic mass is 19.1. The Hall–Kier alpha value is -1.16. The zero-order valence-corrected chi connectivity index (χ0v) is 7.50. The van der Waals surface area contributed by atoms with E-state index in [0.29, 0.717) is 0 Å². The first-order valence-corrected chi connectivity index (χ1v) is 4.25. The van der Waals surface area contributed by atoms with E-state index >= 15 is 0 Å². The van der Waals surface area contributed by atoms with Gasteiger partial charge in [0.2, 0.25) is 0 Å². The molecule has 0 aliphatic carbocycles. The van der Waals surface area contributed by atoms with Gasteiger partial charge in [-0.1, -0.05) is 6.92 Å². The highest BCUT2D eigenvalue weighted by Crippen LogP contribution is 2.10. The Morgan fingerprint density at radius 2 is 2.46 bits per heavy atom. The van der Waals surface area contributed by atoms with E-state index in [4.69, 9.17) is 5.11 Å². The summed E-state index contributed by atoms with van der Waals surface area (Å²) in [6.45, 7) is 1.89. The quantitative estimate of drug-likeness (QED) is 0.743. The smallest absolute Gasteiger partial charge is 0.165 e. The molecule has 0 aliphatic heterocycles. The Balaban J connectivity index is 2.67. The number of anilines is 1. The zero-order valence-electron chi connectivity index (χ0n) is 7.50. The molecule has 4 heteroatoms. The van der Waals surface area contributed by atoms with Crippen molar-refractivity contribution in [3.8, 4) is 0 Å². The van der Waals surface area contributed by atoms with E-state index < -0.39 is 5.82 Å². The second-order valence-corrected chi connectivity index (χ2v) is 2.77. The van der Waals surface area contributed by atoms with E-state index in [1.54, 1.807) is 0 Å². The van der Waals surface area contributed by atoms with E-state index in [9.17, 15) is 4.39 Å². The highest BCUT2D eigenvalue weighted by molar-refractivity contribution is 5.36. The lowest BCUT2D eigenvalue weighted by Crippen LogP contribution is -2.23. The molecule has 3 nitrogen and oxygen atoms in total. The predicted octanol–water partition coefficient (Wildman–Crippen LogP) is 1.40. The zero-order chi connectivity index (χ0) is 9.68. The van der Waals surface area contributed by atoms with Gasteiger partial charge >= 0.3 is 0 Å². The normalized spacial score (nSPS) is 12.5. The fourth-order valence-corrected chi connectivity index (χ4v) is 0.962. The molecule has 1 aromatic heterocycles. The number of aliphatic hydroxyl groups is 1. The van der Waals surface area contributed by atoms with Crippen LogP contribution in [0, 0.1) is 5.82 Å². The van der Waals surface area contributed by atoms with Crippen molar-refractivity contribution < 1.29 is 9.50 Å². The summed E-state index contributed by atoms with van der Waals surface area (Å²) in [6.07, 6.45) is 2.24. The van der Waals surface area contributed by atoms with Crippen molar-refractivity contribution in [3.05, 3.63) is 24.1 Å². The summed E-state index contributed by atoms with van der Waals surface area (Å²) in [4.78, 5) is 3.82. The van der Waals surface area contributed by atoms with E-state index in [0.717, 1.165) is 6.42 Å². The predicted molar refractivity (Wildman–Crippen MR) is 49.0 cm³/mol. The number of nitrogens with one attached hydrogen (secondary N) is 1. The molecule has 0 amide bonds. The van der Waals surface area contributed by atoms with Crippen LogP contribution in [0.1, 0.15) is 13.3 Å². The van der Waals surface area contributed by atoms with Gasteiger partial charge in [-0.2, -0.15) is 0 Å². The van der Waals surface area contributed by atoms with Crippen molar-refractivity contribution >= 4 is 5.82 Å². The van der Waals surface area contributed by atoms with E-state index in [1.807, 2.05) is 6.92 Å². The molecule has 0 aliphatic rings. The molecule has 1 heterocycles. The van der Waals surface area contributed by atoms with Gasteiger partial charge in [0.15, 0.2) is 11.6 Å². The lowest BCUT2D eigenvalue weighted by Gasteiger charge is -2.14. The van der Waals surface area contributed by atoms with Gasteiger partial charge in [0.25, 0.3) is 0 Å². The summed E-state index contributed by atoms with van der Waals surface area (Å²) >= 11 is 0. The number of nitrogens with zero attached hydrogens (tertiary/aromatic N) is 1. The number of halogens is 1. The van der Waals surface area contributed by atoms with Gasteiger partial charge in [0, 0.05) is 6.20 Å².